The van der Waals surface area contributed by atoms with Gasteiger partial charge in [0.05, 0.1) is 11.1 Å². The molecule has 1 heterocycles. The second-order valence-electron chi connectivity index (χ2n) is 3.34. The van der Waals surface area contributed by atoms with Crippen molar-refractivity contribution in [3.8, 4) is 12.1 Å². The maximum absolute atomic E-state index is 11.4. The Kier molecular flexibility index (Phi) is 2.45. The first-order valence-corrected chi connectivity index (χ1v) is 4.76. The molecule has 0 radical (unpaired) electrons. The molecule has 1 fully saturated rings. The van der Waals surface area contributed by atoms with E-state index in [0.29, 0.717) is 29.9 Å². The molecule has 1 aromatic carbocycles. The molecular weight excluding hydrogens is 204 g/mol. The molecule has 16 heavy (non-hydrogen) atoms. The van der Waals surface area contributed by atoms with E-state index in [1.165, 1.54) is 0 Å². The first kappa shape index (κ1) is 10.0. The highest BCUT2D eigenvalue weighted by atomic mass is 16.2. The van der Waals surface area contributed by atoms with Gasteiger partial charge in [0.25, 0.3) is 0 Å². The zero-order valence-corrected chi connectivity index (χ0v) is 8.40. The number of rotatable bonds is 1. The minimum Gasteiger partial charge on any atom is -0.336 e. The number of carbonyl (C=O) groups excluding carboxylic acids is 1. The van der Waals surface area contributed by atoms with Gasteiger partial charge in [0.1, 0.15) is 12.1 Å². The van der Waals surface area contributed by atoms with Crippen molar-refractivity contribution in [3.63, 3.8) is 0 Å². The third kappa shape index (κ3) is 1.55. The molecule has 1 aliphatic rings. The summed E-state index contributed by atoms with van der Waals surface area (Å²) in [6, 6.07) is 8.49. The SMILES string of the molecule is N#Cc1ccc(N2CCNC2=O)cc1C#N. The molecule has 1 aliphatic heterocycles. The van der Waals surface area contributed by atoms with E-state index in [4.69, 9.17) is 10.5 Å². The molecule has 0 aromatic heterocycles. The molecule has 0 unspecified atom stereocenters. The number of amides is 2. The zero-order chi connectivity index (χ0) is 11.5. The number of urea groups is 1. The van der Waals surface area contributed by atoms with Gasteiger partial charge in [-0.3, -0.25) is 4.90 Å². The Morgan fingerprint density at radius 1 is 1.25 bits per heavy atom. The van der Waals surface area contributed by atoms with E-state index in [1.54, 1.807) is 23.1 Å². The topological polar surface area (TPSA) is 79.9 Å². The molecule has 0 aliphatic carbocycles. The Morgan fingerprint density at radius 2 is 2.00 bits per heavy atom. The van der Waals surface area contributed by atoms with Gasteiger partial charge in [-0.15, -0.1) is 0 Å². The third-order valence-corrected chi connectivity index (χ3v) is 2.41. The highest BCUT2D eigenvalue weighted by Gasteiger charge is 2.21. The van der Waals surface area contributed by atoms with Crippen molar-refractivity contribution >= 4 is 11.7 Å². The van der Waals surface area contributed by atoms with Crippen LogP contribution in [0.2, 0.25) is 0 Å². The minimum atomic E-state index is -0.173. The number of hydrogen-bond donors (Lipinski definition) is 1. The van der Waals surface area contributed by atoms with Gasteiger partial charge in [0.15, 0.2) is 0 Å². The Bertz CT molecular complexity index is 524. The average Bonchev–Trinajstić information content (AvgIpc) is 2.74. The van der Waals surface area contributed by atoms with Crippen molar-refractivity contribution in [2.75, 3.05) is 18.0 Å². The third-order valence-electron chi connectivity index (χ3n) is 2.41. The van der Waals surface area contributed by atoms with Crippen LogP contribution in [0.3, 0.4) is 0 Å². The monoisotopic (exact) mass is 212 g/mol. The summed E-state index contributed by atoms with van der Waals surface area (Å²) in [7, 11) is 0. The van der Waals surface area contributed by atoms with Crippen LogP contribution in [-0.4, -0.2) is 19.1 Å². The molecule has 0 bridgehead atoms. The summed E-state index contributed by atoms with van der Waals surface area (Å²) in [5.74, 6) is 0. The fourth-order valence-electron chi connectivity index (χ4n) is 1.61. The number of nitrogens with zero attached hydrogens (tertiary/aromatic N) is 3. The van der Waals surface area contributed by atoms with Gasteiger partial charge in [-0.2, -0.15) is 10.5 Å². The number of nitriles is 2. The van der Waals surface area contributed by atoms with Crippen LogP contribution in [0, 0.1) is 22.7 Å². The highest BCUT2D eigenvalue weighted by molar-refractivity contribution is 5.94. The normalized spacial score (nSPS) is 14.1. The minimum absolute atomic E-state index is 0.173. The van der Waals surface area contributed by atoms with Crippen LogP contribution in [0.15, 0.2) is 18.2 Å². The molecule has 0 atom stereocenters. The summed E-state index contributed by atoms with van der Waals surface area (Å²) in [5, 5.41) is 20.3. The standard InChI is InChI=1S/C11H8N4O/c12-6-8-1-2-10(5-9(8)7-13)15-4-3-14-11(15)16/h1-2,5H,3-4H2,(H,14,16). The number of hydrogen-bond acceptors (Lipinski definition) is 3. The summed E-state index contributed by atoms with van der Waals surface area (Å²) in [5.41, 5.74) is 1.26. The fraction of sp³-hybridized carbons (Fsp3) is 0.182. The molecule has 78 valence electrons. The fourth-order valence-corrected chi connectivity index (χ4v) is 1.61. The van der Waals surface area contributed by atoms with Crippen molar-refractivity contribution in [1.82, 2.24) is 5.32 Å². The summed E-state index contributed by atoms with van der Waals surface area (Å²) in [6.07, 6.45) is 0. The number of carbonyl (C=O) groups is 1. The quantitative estimate of drug-likeness (QED) is 0.752. The molecular formula is C11H8N4O. The number of nitrogens with one attached hydrogen (secondary N) is 1. The van der Waals surface area contributed by atoms with Crippen molar-refractivity contribution in [3.05, 3.63) is 29.3 Å². The summed E-state index contributed by atoms with van der Waals surface area (Å²) < 4.78 is 0. The first-order valence-electron chi connectivity index (χ1n) is 4.76. The van der Waals surface area contributed by atoms with Crippen LogP contribution in [0.25, 0.3) is 0 Å². The van der Waals surface area contributed by atoms with Crippen LogP contribution in [0.5, 0.6) is 0 Å². The van der Waals surface area contributed by atoms with E-state index in [1.807, 2.05) is 12.1 Å². The lowest BCUT2D eigenvalue weighted by molar-refractivity contribution is 0.252. The van der Waals surface area contributed by atoms with E-state index in [0.717, 1.165) is 0 Å². The maximum atomic E-state index is 11.4. The Morgan fingerprint density at radius 3 is 2.56 bits per heavy atom. The number of anilines is 1. The number of benzene rings is 1. The van der Waals surface area contributed by atoms with Gasteiger partial charge >= 0.3 is 6.03 Å². The van der Waals surface area contributed by atoms with Crippen LogP contribution < -0.4 is 10.2 Å². The highest BCUT2D eigenvalue weighted by Crippen LogP contribution is 2.20. The lowest BCUT2D eigenvalue weighted by Gasteiger charge is -2.14. The van der Waals surface area contributed by atoms with Crippen LogP contribution in [0.4, 0.5) is 10.5 Å². The second kappa shape index (κ2) is 3.92. The Labute approximate surface area is 92.5 Å². The van der Waals surface area contributed by atoms with Crippen LogP contribution >= 0.6 is 0 Å². The molecule has 2 rings (SSSR count). The molecule has 2 amide bonds. The van der Waals surface area contributed by atoms with Crippen LogP contribution in [-0.2, 0) is 0 Å². The zero-order valence-electron chi connectivity index (χ0n) is 8.40. The first-order chi connectivity index (χ1) is 7.76. The lowest BCUT2D eigenvalue weighted by atomic mass is 10.1. The van der Waals surface area contributed by atoms with Gasteiger partial charge in [-0.05, 0) is 18.2 Å². The van der Waals surface area contributed by atoms with Gasteiger partial charge in [-0.25, -0.2) is 4.79 Å². The van der Waals surface area contributed by atoms with Crippen molar-refractivity contribution in [2.45, 2.75) is 0 Å². The van der Waals surface area contributed by atoms with E-state index in [2.05, 4.69) is 5.32 Å². The summed E-state index contributed by atoms with van der Waals surface area (Å²) in [6.45, 7) is 1.18. The molecule has 1 saturated heterocycles. The van der Waals surface area contributed by atoms with Crippen molar-refractivity contribution in [2.24, 2.45) is 0 Å². The van der Waals surface area contributed by atoms with Gasteiger partial charge in [0.2, 0.25) is 0 Å². The molecule has 5 nitrogen and oxygen atoms in total. The van der Waals surface area contributed by atoms with Crippen LogP contribution in [0.1, 0.15) is 11.1 Å². The largest absolute Gasteiger partial charge is 0.336 e. The second-order valence-corrected chi connectivity index (χ2v) is 3.34. The summed E-state index contributed by atoms with van der Waals surface area (Å²) >= 11 is 0. The lowest BCUT2D eigenvalue weighted by Crippen LogP contribution is -2.27. The Hall–Kier alpha value is -2.53. The Balaban J connectivity index is 2.41. The van der Waals surface area contributed by atoms with Gasteiger partial charge in [-0.1, -0.05) is 0 Å². The molecule has 5 heteroatoms. The average molecular weight is 212 g/mol. The van der Waals surface area contributed by atoms with E-state index < -0.39 is 0 Å². The predicted octanol–water partition coefficient (Wildman–Crippen LogP) is 0.960. The van der Waals surface area contributed by atoms with Gasteiger partial charge in [0, 0.05) is 18.8 Å². The predicted molar refractivity (Wildman–Crippen MR) is 56.6 cm³/mol. The molecule has 0 spiro atoms. The van der Waals surface area contributed by atoms with E-state index in [9.17, 15) is 4.79 Å². The van der Waals surface area contributed by atoms with E-state index in [-0.39, 0.29) is 6.03 Å². The van der Waals surface area contributed by atoms with Gasteiger partial charge < -0.3 is 5.32 Å². The van der Waals surface area contributed by atoms with Crippen molar-refractivity contribution in [1.29, 1.82) is 10.5 Å². The smallest absolute Gasteiger partial charge is 0.321 e. The molecule has 1 N–H and O–H groups in total. The van der Waals surface area contributed by atoms with E-state index >= 15 is 0 Å². The van der Waals surface area contributed by atoms with Crippen molar-refractivity contribution < 1.29 is 4.79 Å². The summed E-state index contributed by atoms with van der Waals surface area (Å²) in [4.78, 5) is 12.9. The molecule has 1 aromatic rings. The maximum Gasteiger partial charge on any atom is 0.321 e. The molecule has 0 saturated carbocycles.